The number of benzene rings is 1. The van der Waals surface area contributed by atoms with E-state index in [1.54, 1.807) is 0 Å². The number of carbonyl (C=O) groups is 1. The third-order valence-corrected chi connectivity index (χ3v) is 5.43. The highest BCUT2D eigenvalue weighted by Gasteiger charge is 2.30. The molecule has 25 heavy (non-hydrogen) atoms. The van der Waals surface area contributed by atoms with Crippen LogP contribution in [0.2, 0.25) is 0 Å². The first kappa shape index (κ1) is 17.8. The van der Waals surface area contributed by atoms with Gasteiger partial charge in [0.05, 0.1) is 11.6 Å². The fraction of sp³-hybridized carbons (Fsp3) is 0.600. The number of hydrogen-bond acceptors (Lipinski definition) is 4. The van der Waals surface area contributed by atoms with Crippen molar-refractivity contribution in [2.24, 2.45) is 5.92 Å². The molecule has 2 saturated heterocycles. The fourth-order valence-electron chi connectivity index (χ4n) is 3.90. The van der Waals surface area contributed by atoms with Gasteiger partial charge in [0.1, 0.15) is 0 Å². The van der Waals surface area contributed by atoms with E-state index in [1.807, 2.05) is 24.3 Å². The molecule has 2 aliphatic rings. The summed E-state index contributed by atoms with van der Waals surface area (Å²) in [6.07, 6.45) is 3.03. The topological polar surface area (TPSA) is 50.6 Å². The molecule has 0 saturated carbocycles. The first-order valence-corrected chi connectivity index (χ1v) is 9.47. The van der Waals surface area contributed by atoms with Crippen LogP contribution in [0.15, 0.2) is 24.3 Å². The van der Waals surface area contributed by atoms with Crippen molar-refractivity contribution in [2.45, 2.75) is 26.2 Å². The molecule has 0 aromatic heterocycles. The number of piperidine rings is 1. The maximum Gasteiger partial charge on any atom is 0.225 e. The van der Waals surface area contributed by atoms with Gasteiger partial charge >= 0.3 is 0 Å². The minimum atomic E-state index is 0.173. The summed E-state index contributed by atoms with van der Waals surface area (Å²) in [5.74, 6) is 0.531. The molecule has 0 unspecified atom stereocenters. The molecule has 5 heteroatoms. The maximum absolute atomic E-state index is 12.8. The molecule has 1 aromatic carbocycles. The first-order valence-electron chi connectivity index (χ1n) is 9.47. The number of anilines is 1. The molecule has 2 fully saturated rings. The lowest BCUT2D eigenvalue weighted by atomic mass is 9.94. The molecular formula is C20H28N4O. The number of hydrogen-bond donors (Lipinski definition) is 0. The monoisotopic (exact) mass is 340 g/mol. The van der Waals surface area contributed by atoms with Gasteiger partial charge in [0.25, 0.3) is 0 Å². The van der Waals surface area contributed by atoms with Crippen molar-refractivity contribution in [3.8, 4) is 6.07 Å². The molecule has 1 amide bonds. The summed E-state index contributed by atoms with van der Waals surface area (Å²) in [4.78, 5) is 19.7. The van der Waals surface area contributed by atoms with E-state index >= 15 is 0 Å². The molecule has 0 spiro atoms. The van der Waals surface area contributed by atoms with Crippen LogP contribution in [0, 0.1) is 17.2 Å². The number of piperazine rings is 1. The Kier molecular flexibility index (Phi) is 5.93. The lowest BCUT2D eigenvalue weighted by molar-refractivity contribution is -0.138. The largest absolute Gasteiger partial charge is 0.371 e. The average Bonchev–Trinajstić information content (AvgIpc) is 2.68. The van der Waals surface area contributed by atoms with Gasteiger partial charge in [-0.1, -0.05) is 6.92 Å². The van der Waals surface area contributed by atoms with Crippen molar-refractivity contribution < 1.29 is 4.79 Å². The number of carbonyl (C=O) groups excluding carboxylic acids is 1. The molecule has 0 N–H and O–H groups in total. The molecule has 0 atom stereocenters. The summed E-state index contributed by atoms with van der Waals surface area (Å²) in [6, 6.07) is 9.90. The van der Waals surface area contributed by atoms with Crippen molar-refractivity contribution in [1.29, 1.82) is 5.26 Å². The smallest absolute Gasteiger partial charge is 0.225 e. The predicted octanol–water partition coefficient (Wildman–Crippen LogP) is 2.33. The second-order valence-corrected chi connectivity index (χ2v) is 7.09. The fourth-order valence-corrected chi connectivity index (χ4v) is 3.90. The van der Waals surface area contributed by atoms with E-state index in [-0.39, 0.29) is 5.92 Å². The van der Waals surface area contributed by atoms with E-state index in [9.17, 15) is 4.79 Å². The highest BCUT2D eigenvalue weighted by atomic mass is 16.2. The maximum atomic E-state index is 12.8. The van der Waals surface area contributed by atoms with E-state index in [1.165, 1.54) is 6.42 Å². The minimum Gasteiger partial charge on any atom is -0.371 e. The number of nitriles is 1. The van der Waals surface area contributed by atoms with Crippen molar-refractivity contribution in [3.63, 3.8) is 0 Å². The second-order valence-electron chi connectivity index (χ2n) is 7.09. The number of nitrogens with zero attached hydrogens (tertiary/aromatic N) is 4. The van der Waals surface area contributed by atoms with Crippen LogP contribution < -0.4 is 4.90 Å². The van der Waals surface area contributed by atoms with Crippen LogP contribution in [0.1, 0.15) is 31.7 Å². The summed E-state index contributed by atoms with van der Waals surface area (Å²) in [5.41, 5.74) is 1.84. The van der Waals surface area contributed by atoms with Gasteiger partial charge in [-0.3, -0.25) is 9.69 Å². The molecule has 3 rings (SSSR count). The van der Waals surface area contributed by atoms with Crippen molar-refractivity contribution >= 4 is 11.6 Å². The molecule has 0 bridgehead atoms. The summed E-state index contributed by atoms with van der Waals surface area (Å²) in [5, 5.41) is 8.90. The van der Waals surface area contributed by atoms with Crippen LogP contribution in [-0.4, -0.2) is 61.5 Å². The Labute approximate surface area is 150 Å². The third kappa shape index (κ3) is 4.32. The standard InChI is InChI=1S/C20H28N4O/c1-2-9-22-12-14-24(15-13-22)20(25)18-7-10-23(11-8-18)19-5-3-17(16-21)4-6-19/h3-6,18H,2,7-15H2,1H3. The van der Waals surface area contributed by atoms with Crippen molar-refractivity contribution in [3.05, 3.63) is 29.8 Å². The van der Waals surface area contributed by atoms with Gasteiger partial charge in [-0.15, -0.1) is 0 Å². The molecule has 0 aliphatic carbocycles. The quantitative estimate of drug-likeness (QED) is 0.844. The highest BCUT2D eigenvalue weighted by Crippen LogP contribution is 2.25. The van der Waals surface area contributed by atoms with Crippen LogP contribution >= 0.6 is 0 Å². The van der Waals surface area contributed by atoms with Gasteiger partial charge < -0.3 is 9.80 Å². The number of amides is 1. The Morgan fingerprint density at radius 1 is 1.08 bits per heavy atom. The van der Waals surface area contributed by atoms with Crippen LogP contribution in [0.25, 0.3) is 0 Å². The first-order chi connectivity index (χ1) is 12.2. The van der Waals surface area contributed by atoms with Gasteiger partial charge in [-0.25, -0.2) is 0 Å². The summed E-state index contributed by atoms with van der Waals surface area (Å²) in [7, 11) is 0. The van der Waals surface area contributed by atoms with Gasteiger partial charge in [0, 0.05) is 50.9 Å². The summed E-state index contributed by atoms with van der Waals surface area (Å²) in [6.45, 7) is 8.98. The van der Waals surface area contributed by atoms with Crippen LogP contribution in [0.3, 0.4) is 0 Å². The van der Waals surface area contributed by atoms with E-state index < -0.39 is 0 Å². The van der Waals surface area contributed by atoms with Crippen LogP contribution in [0.5, 0.6) is 0 Å². The molecule has 2 heterocycles. The van der Waals surface area contributed by atoms with Gasteiger partial charge in [-0.2, -0.15) is 5.26 Å². The second kappa shape index (κ2) is 8.35. The summed E-state index contributed by atoms with van der Waals surface area (Å²) < 4.78 is 0. The summed E-state index contributed by atoms with van der Waals surface area (Å²) >= 11 is 0. The average molecular weight is 340 g/mol. The minimum absolute atomic E-state index is 0.173. The van der Waals surface area contributed by atoms with E-state index in [0.717, 1.165) is 64.3 Å². The molecule has 1 aromatic rings. The zero-order valence-corrected chi connectivity index (χ0v) is 15.2. The van der Waals surface area contributed by atoms with E-state index in [0.29, 0.717) is 11.5 Å². The van der Waals surface area contributed by atoms with Crippen molar-refractivity contribution in [2.75, 3.05) is 50.7 Å². The van der Waals surface area contributed by atoms with Gasteiger partial charge in [0.15, 0.2) is 0 Å². The number of rotatable bonds is 4. The van der Waals surface area contributed by atoms with Crippen LogP contribution in [0.4, 0.5) is 5.69 Å². The lowest BCUT2D eigenvalue weighted by Gasteiger charge is -2.39. The molecular weight excluding hydrogens is 312 g/mol. The zero-order chi connectivity index (χ0) is 17.6. The van der Waals surface area contributed by atoms with E-state index in [4.69, 9.17) is 5.26 Å². The lowest BCUT2D eigenvalue weighted by Crippen LogP contribution is -2.51. The zero-order valence-electron chi connectivity index (χ0n) is 15.2. The Bertz CT molecular complexity index is 606. The Morgan fingerprint density at radius 2 is 1.72 bits per heavy atom. The van der Waals surface area contributed by atoms with Crippen molar-refractivity contribution in [1.82, 2.24) is 9.80 Å². The van der Waals surface area contributed by atoms with E-state index in [2.05, 4.69) is 27.7 Å². The molecule has 134 valence electrons. The normalized spacial score (nSPS) is 19.7. The van der Waals surface area contributed by atoms with Gasteiger partial charge in [0.2, 0.25) is 5.91 Å². The Morgan fingerprint density at radius 3 is 2.28 bits per heavy atom. The molecule has 5 nitrogen and oxygen atoms in total. The van der Waals surface area contributed by atoms with Crippen LogP contribution in [-0.2, 0) is 4.79 Å². The Balaban J connectivity index is 1.48. The molecule has 2 aliphatic heterocycles. The molecule has 0 radical (unpaired) electrons. The van der Waals surface area contributed by atoms with Gasteiger partial charge in [-0.05, 0) is 50.1 Å². The Hall–Kier alpha value is -2.06. The predicted molar refractivity (Wildman–Crippen MR) is 99.4 cm³/mol. The highest BCUT2D eigenvalue weighted by molar-refractivity contribution is 5.79. The third-order valence-electron chi connectivity index (χ3n) is 5.43. The SMILES string of the molecule is CCCN1CCN(C(=O)C2CCN(c3ccc(C#N)cc3)CC2)CC1.